The minimum absolute atomic E-state index is 0.289. The maximum Gasteiger partial charge on any atom is 0.153 e. The third-order valence-electron chi connectivity index (χ3n) is 2.39. The summed E-state index contributed by atoms with van der Waals surface area (Å²) in [6.45, 7) is 4.73. The maximum atomic E-state index is 5.81. The van der Waals surface area contributed by atoms with Crippen LogP contribution in [0.5, 0.6) is 0 Å². The number of aromatic nitrogens is 1. The fourth-order valence-electron chi connectivity index (χ4n) is 1.68. The number of nitrogen functional groups attached to an aromatic ring is 1. The number of nitrogens with two attached hydrogens (primary N) is 1. The number of morpholine rings is 1. The molecule has 1 aromatic heterocycles. The zero-order valence-electron chi connectivity index (χ0n) is 8.90. The lowest BCUT2D eigenvalue weighted by Crippen LogP contribution is -2.40. The number of hydrogen-bond donors (Lipinski definition) is 1. The molecule has 0 aromatic carbocycles. The third kappa shape index (κ3) is 2.21. The van der Waals surface area contributed by atoms with Crippen molar-refractivity contribution in [3.63, 3.8) is 0 Å². The highest BCUT2D eigenvalue weighted by Gasteiger charge is 2.22. The Labute approximate surface area is 98.0 Å². The van der Waals surface area contributed by atoms with Gasteiger partial charge in [-0.2, -0.15) is 4.37 Å². The van der Waals surface area contributed by atoms with Crippen LogP contribution in [0.1, 0.15) is 6.92 Å². The van der Waals surface area contributed by atoms with Gasteiger partial charge >= 0.3 is 0 Å². The van der Waals surface area contributed by atoms with Crippen molar-refractivity contribution >= 4 is 34.1 Å². The van der Waals surface area contributed by atoms with E-state index in [0.29, 0.717) is 5.82 Å². The average molecular weight is 245 g/mol. The normalized spacial score (nSPS) is 22.0. The van der Waals surface area contributed by atoms with Crippen molar-refractivity contribution in [3.8, 4) is 0 Å². The van der Waals surface area contributed by atoms with E-state index in [4.69, 9.17) is 10.5 Å². The molecule has 1 aliphatic rings. The number of anilines is 2. The van der Waals surface area contributed by atoms with E-state index in [1.165, 1.54) is 16.5 Å². The molecule has 0 saturated carbocycles. The minimum Gasteiger partial charge on any atom is -0.382 e. The van der Waals surface area contributed by atoms with Gasteiger partial charge in [0.1, 0.15) is 5.00 Å². The van der Waals surface area contributed by atoms with E-state index in [2.05, 4.69) is 16.2 Å². The molecule has 2 heterocycles. The van der Waals surface area contributed by atoms with E-state index in [-0.39, 0.29) is 6.10 Å². The molecule has 15 heavy (non-hydrogen) atoms. The minimum atomic E-state index is 0.289. The largest absolute Gasteiger partial charge is 0.382 e. The number of hydrogen-bond acceptors (Lipinski definition) is 6. The fourth-order valence-corrected chi connectivity index (χ4v) is 3.40. The van der Waals surface area contributed by atoms with E-state index in [9.17, 15) is 0 Å². The van der Waals surface area contributed by atoms with E-state index in [0.717, 1.165) is 24.6 Å². The van der Waals surface area contributed by atoms with Crippen molar-refractivity contribution in [2.45, 2.75) is 17.9 Å². The molecule has 1 aromatic rings. The highest BCUT2D eigenvalue weighted by Crippen LogP contribution is 2.37. The molecule has 0 bridgehead atoms. The summed E-state index contributed by atoms with van der Waals surface area (Å²) in [6, 6.07) is 0. The topological polar surface area (TPSA) is 51.4 Å². The third-order valence-corrected chi connectivity index (χ3v) is 4.25. The summed E-state index contributed by atoms with van der Waals surface area (Å²) < 4.78 is 9.72. The molecule has 0 amide bonds. The Morgan fingerprint density at radius 1 is 1.67 bits per heavy atom. The molecule has 84 valence electrons. The van der Waals surface area contributed by atoms with Crippen LogP contribution in [0, 0.1) is 0 Å². The van der Waals surface area contributed by atoms with Crippen molar-refractivity contribution in [2.24, 2.45) is 0 Å². The number of ether oxygens (including phenoxy) is 1. The Balaban J connectivity index is 2.20. The van der Waals surface area contributed by atoms with Crippen LogP contribution < -0.4 is 10.6 Å². The first-order valence-corrected chi connectivity index (χ1v) is 6.88. The average Bonchev–Trinajstić information content (AvgIpc) is 2.59. The van der Waals surface area contributed by atoms with E-state index in [1.807, 2.05) is 6.26 Å². The Hall–Kier alpha value is -0.460. The van der Waals surface area contributed by atoms with Crippen LogP contribution in [-0.2, 0) is 4.74 Å². The summed E-state index contributed by atoms with van der Waals surface area (Å²) in [6.07, 6.45) is 2.32. The van der Waals surface area contributed by atoms with Gasteiger partial charge in [0.2, 0.25) is 0 Å². The summed E-state index contributed by atoms with van der Waals surface area (Å²) in [4.78, 5) is 3.42. The molecule has 0 radical (unpaired) electrons. The maximum absolute atomic E-state index is 5.81. The van der Waals surface area contributed by atoms with E-state index < -0.39 is 0 Å². The van der Waals surface area contributed by atoms with Crippen LogP contribution >= 0.6 is 23.3 Å². The van der Waals surface area contributed by atoms with Gasteiger partial charge in [0.05, 0.1) is 17.6 Å². The standard InChI is InChI=1S/C9H15N3OS2/c1-6-5-12(3-4-13-6)9-7(14-2)8(10)11-15-9/h6H,3-5H2,1-2H3,(H2,10,11). The van der Waals surface area contributed by atoms with Crippen LogP contribution in [-0.4, -0.2) is 36.4 Å². The Bertz CT molecular complexity index is 342. The molecule has 4 nitrogen and oxygen atoms in total. The van der Waals surface area contributed by atoms with Crippen molar-refractivity contribution < 1.29 is 4.74 Å². The van der Waals surface area contributed by atoms with Crippen molar-refractivity contribution in [3.05, 3.63) is 0 Å². The molecule has 0 spiro atoms. The van der Waals surface area contributed by atoms with Gasteiger partial charge < -0.3 is 15.4 Å². The first kappa shape index (κ1) is 11.0. The lowest BCUT2D eigenvalue weighted by molar-refractivity contribution is 0.0533. The zero-order valence-corrected chi connectivity index (χ0v) is 10.5. The smallest absolute Gasteiger partial charge is 0.153 e. The van der Waals surface area contributed by atoms with Crippen molar-refractivity contribution in [1.82, 2.24) is 4.37 Å². The van der Waals surface area contributed by atoms with Gasteiger partial charge in [-0.15, -0.1) is 11.8 Å². The molecule has 1 atom stereocenters. The number of thioether (sulfide) groups is 1. The first-order chi connectivity index (χ1) is 7.22. The lowest BCUT2D eigenvalue weighted by Gasteiger charge is -2.32. The van der Waals surface area contributed by atoms with Crippen molar-refractivity contribution in [1.29, 1.82) is 0 Å². The van der Waals surface area contributed by atoms with E-state index in [1.54, 1.807) is 11.8 Å². The van der Waals surface area contributed by atoms with Gasteiger partial charge in [-0.05, 0) is 24.7 Å². The second kappa shape index (κ2) is 4.59. The SMILES string of the molecule is CSc1c(N)nsc1N1CCOC(C)C1. The predicted octanol–water partition coefficient (Wildman–Crippen LogP) is 1.67. The molecule has 1 saturated heterocycles. The predicted molar refractivity (Wildman–Crippen MR) is 65.9 cm³/mol. The molecular formula is C9H15N3OS2. The van der Waals surface area contributed by atoms with E-state index >= 15 is 0 Å². The summed E-state index contributed by atoms with van der Waals surface area (Å²) in [7, 11) is 0. The fraction of sp³-hybridized carbons (Fsp3) is 0.667. The van der Waals surface area contributed by atoms with Gasteiger partial charge in [-0.3, -0.25) is 0 Å². The summed E-state index contributed by atoms with van der Waals surface area (Å²) in [5.74, 6) is 0.654. The summed E-state index contributed by atoms with van der Waals surface area (Å²) in [5, 5.41) is 1.19. The summed E-state index contributed by atoms with van der Waals surface area (Å²) >= 11 is 3.15. The molecule has 1 aliphatic heterocycles. The molecule has 2 rings (SSSR count). The molecule has 2 N–H and O–H groups in total. The molecule has 1 unspecified atom stereocenters. The highest BCUT2D eigenvalue weighted by molar-refractivity contribution is 7.99. The van der Waals surface area contributed by atoms with Crippen LogP contribution in [0.4, 0.5) is 10.8 Å². The monoisotopic (exact) mass is 245 g/mol. The number of rotatable bonds is 2. The van der Waals surface area contributed by atoms with Gasteiger partial charge in [0.15, 0.2) is 5.82 Å². The van der Waals surface area contributed by atoms with Crippen molar-refractivity contribution in [2.75, 3.05) is 36.6 Å². The Morgan fingerprint density at radius 2 is 2.47 bits per heavy atom. The zero-order chi connectivity index (χ0) is 10.8. The van der Waals surface area contributed by atoms with Crippen LogP contribution in [0.15, 0.2) is 4.90 Å². The second-order valence-corrected chi connectivity index (χ2v) is 5.10. The molecular weight excluding hydrogens is 230 g/mol. The van der Waals surface area contributed by atoms with Gasteiger partial charge in [0.25, 0.3) is 0 Å². The highest BCUT2D eigenvalue weighted by atomic mass is 32.2. The summed E-state index contributed by atoms with van der Waals surface area (Å²) in [5.41, 5.74) is 5.81. The van der Waals surface area contributed by atoms with Gasteiger partial charge in [0, 0.05) is 13.1 Å². The Morgan fingerprint density at radius 3 is 3.13 bits per heavy atom. The lowest BCUT2D eigenvalue weighted by atomic mass is 10.3. The molecule has 1 fully saturated rings. The number of nitrogens with zero attached hydrogens (tertiary/aromatic N) is 2. The molecule has 0 aliphatic carbocycles. The van der Waals surface area contributed by atoms with Crippen LogP contribution in [0.3, 0.4) is 0 Å². The van der Waals surface area contributed by atoms with Gasteiger partial charge in [-0.1, -0.05) is 0 Å². The second-order valence-electron chi connectivity index (χ2n) is 3.53. The quantitative estimate of drug-likeness (QED) is 0.803. The van der Waals surface area contributed by atoms with Crippen LogP contribution in [0.2, 0.25) is 0 Å². The Kier molecular flexibility index (Phi) is 3.38. The van der Waals surface area contributed by atoms with Crippen LogP contribution in [0.25, 0.3) is 0 Å². The molecule has 6 heteroatoms. The van der Waals surface area contributed by atoms with Gasteiger partial charge in [-0.25, -0.2) is 0 Å². The first-order valence-electron chi connectivity index (χ1n) is 4.88.